The maximum Gasteiger partial charge on any atom is 0.329 e. The predicted octanol–water partition coefficient (Wildman–Crippen LogP) is 5.75. The lowest BCUT2D eigenvalue weighted by Gasteiger charge is -2.28. The maximum atomic E-state index is 14.4. The Morgan fingerprint density at radius 2 is 1.67 bits per heavy atom. The zero-order valence-electron chi connectivity index (χ0n) is 24.8. The van der Waals surface area contributed by atoms with Crippen LogP contribution in [-0.4, -0.2) is 51.2 Å². The molecule has 2 aliphatic heterocycles. The fraction of sp³-hybridized carbons (Fsp3) is 0.353. The van der Waals surface area contributed by atoms with Crippen LogP contribution in [0.3, 0.4) is 0 Å². The summed E-state index contributed by atoms with van der Waals surface area (Å²) in [4.78, 5) is 44.8. The molecule has 4 amide bonds. The van der Waals surface area contributed by atoms with E-state index < -0.39 is 18.1 Å². The molecule has 3 heterocycles. The lowest BCUT2D eigenvalue weighted by Crippen LogP contribution is -2.50. The van der Waals surface area contributed by atoms with Gasteiger partial charge in [-0.05, 0) is 34.9 Å². The third-order valence-electron chi connectivity index (χ3n) is 8.32. The molecule has 1 aromatic heterocycles. The smallest absolute Gasteiger partial charge is 0.329 e. The summed E-state index contributed by atoms with van der Waals surface area (Å²) < 4.78 is 1.78. The molecule has 6 rings (SSSR count). The number of likely N-dealkylation sites (tertiary alicyclic amines) is 1. The molecule has 0 bridgehead atoms. The number of amides is 4. The predicted molar refractivity (Wildman–Crippen MR) is 163 cm³/mol. The van der Waals surface area contributed by atoms with Crippen molar-refractivity contribution in [1.29, 1.82) is 0 Å². The molecule has 8 nitrogen and oxygen atoms in total. The number of aromatic nitrogens is 2. The second-order valence-corrected chi connectivity index (χ2v) is 13.3. The third-order valence-corrected chi connectivity index (χ3v) is 8.32. The van der Waals surface area contributed by atoms with E-state index in [0.29, 0.717) is 30.9 Å². The number of hydrogen-bond donors (Lipinski definition) is 1. The average molecular weight is 564 g/mol. The fourth-order valence-electron chi connectivity index (χ4n) is 6.21. The number of nitrogens with one attached hydrogen (secondary N) is 1. The van der Waals surface area contributed by atoms with Crippen LogP contribution in [0.2, 0.25) is 0 Å². The number of imide groups is 1. The highest BCUT2D eigenvalue weighted by molar-refractivity contribution is 6.24. The van der Waals surface area contributed by atoms with Crippen molar-refractivity contribution < 1.29 is 14.4 Å². The summed E-state index contributed by atoms with van der Waals surface area (Å²) in [6, 6.07) is 23.3. The van der Waals surface area contributed by atoms with E-state index >= 15 is 0 Å². The summed E-state index contributed by atoms with van der Waals surface area (Å²) in [5, 5.41) is 9.56. The molecule has 1 unspecified atom stereocenters. The Balaban J connectivity index is 1.35. The Labute approximate surface area is 246 Å². The van der Waals surface area contributed by atoms with E-state index in [1.807, 2.05) is 72.8 Å². The number of nitrogens with zero attached hydrogens (tertiary/aromatic N) is 4. The average Bonchev–Trinajstić information content (AvgIpc) is 3.61. The first-order valence-electron chi connectivity index (χ1n) is 14.5. The molecular formula is C34H37N5O3. The van der Waals surface area contributed by atoms with E-state index in [2.05, 4.69) is 39.9 Å². The minimum absolute atomic E-state index is 0.185. The van der Waals surface area contributed by atoms with Crippen LogP contribution in [0.1, 0.15) is 62.8 Å². The SMILES string of the molecule is CC1(C)CC([C@@H]2NC(=O)N(c3cccc4ccccc34)C2=O)N(C(=O)c2cc(C(C)(C)C)nn2Cc2ccccc2)C1. The number of urea groups is 1. The monoisotopic (exact) mass is 563 g/mol. The van der Waals surface area contributed by atoms with Gasteiger partial charge in [-0.2, -0.15) is 5.10 Å². The van der Waals surface area contributed by atoms with Crippen LogP contribution in [0.15, 0.2) is 78.9 Å². The minimum Gasteiger partial charge on any atom is -0.331 e. The van der Waals surface area contributed by atoms with Gasteiger partial charge in [0.2, 0.25) is 0 Å². The van der Waals surface area contributed by atoms with Crippen molar-refractivity contribution in [2.75, 3.05) is 11.4 Å². The van der Waals surface area contributed by atoms with Crippen molar-refractivity contribution in [2.45, 2.75) is 65.1 Å². The molecule has 0 aliphatic carbocycles. The Bertz CT molecular complexity index is 1680. The number of benzene rings is 3. The normalized spacial score (nSPS) is 20.4. The molecule has 4 aromatic rings. The Morgan fingerprint density at radius 3 is 2.40 bits per heavy atom. The highest BCUT2D eigenvalue weighted by atomic mass is 16.2. The quantitative estimate of drug-likeness (QED) is 0.314. The number of carbonyl (C=O) groups is 3. The molecule has 42 heavy (non-hydrogen) atoms. The van der Waals surface area contributed by atoms with E-state index in [1.165, 1.54) is 4.90 Å². The van der Waals surface area contributed by atoms with Crippen LogP contribution in [-0.2, 0) is 16.8 Å². The van der Waals surface area contributed by atoms with E-state index in [0.717, 1.165) is 22.0 Å². The van der Waals surface area contributed by atoms with Crippen LogP contribution >= 0.6 is 0 Å². The second kappa shape index (κ2) is 10.1. The minimum atomic E-state index is -0.852. The molecule has 0 saturated carbocycles. The molecule has 216 valence electrons. The first-order chi connectivity index (χ1) is 19.9. The molecule has 0 radical (unpaired) electrons. The van der Waals surface area contributed by atoms with Gasteiger partial charge in [0.05, 0.1) is 24.0 Å². The Kier molecular flexibility index (Phi) is 6.67. The number of rotatable bonds is 5. The van der Waals surface area contributed by atoms with Gasteiger partial charge in [0, 0.05) is 17.3 Å². The van der Waals surface area contributed by atoms with Crippen molar-refractivity contribution in [2.24, 2.45) is 5.41 Å². The van der Waals surface area contributed by atoms with Gasteiger partial charge in [-0.15, -0.1) is 0 Å². The highest BCUT2D eigenvalue weighted by Crippen LogP contribution is 2.39. The molecule has 8 heteroatoms. The van der Waals surface area contributed by atoms with Gasteiger partial charge in [-0.1, -0.05) is 101 Å². The molecule has 2 aliphatic rings. The van der Waals surface area contributed by atoms with Crippen LogP contribution in [0, 0.1) is 5.41 Å². The van der Waals surface area contributed by atoms with Crippen molar-refractivity contribution in [1.82, 2.24) is 20.0 Å². The van der Waals surface area contributed by atoms with E-state index in [4.69, 9.17) is 5.10 Å². The Morgan fingerprint density at radius 1 is 0.976 bits per heavy atom. The Hall–Kier alpha value is -4.46. The summed E-state index contributed by atoms with van der Waals surface area (Å²) >= 11 is 0. The second-order valence-electron chi connectivity index (χ2n) is 13.3. The van der Waals surface area contributed by atoms with Crippen LogP contribution < -0.4 is 10.2 Å². The maximum absolute atomic E-state index is 14.4. The zero-order chi connectivity index (χ0) is 29.8. The lowest BCUT2D eigenvalue weighted by molar-refractivity contribution is -0.119. The zero-order valence-corrected chi connectivity index (χ0v) is 24.8. The third kappa shape index (κ3) is 4.95. The molecule has 3 aromatic carbocycles. The summed E-state index contributed by atoms with van der Waals surface area (Å²) in [5.74, 6) is -0.528. The number of fused-ring (bicyclic) bond motifs is 1. The van der Waals surface area contributed by atoms with E-state index in [9.17, 15) is 14.4 Å². The van der Waals surface area contributed by atoms with Crippen molar-refractivity contribution >= 4 is 34.3 Å². The molecule has 2 fully saturated rings. The van der Waals surface area contributed by atoms with Crippen molar-refractivity contribution in [3.8, 4) is 0 Å². The molecule has 0 spiro atoms. The number of anilines is 1. The van der Waals surface area contributed by atoms with Gasteiger partial charge >= 0.3 is 6.03 Å². The number of hydrogen-bond acceptors (Lipinski definition) is 4. The van der Waals surface area contributed by atoms with Crippen molar-refractivity contribution in [3.63, 3.8) is 0 Å². The largest absolute Gasteiger partial charge is 0.331 e. The van der Waals surface area contributed by atoms with Gasteiger partial charge in [0.1, 0.15) is 11.7 Å². The molecule has 1 N–H and O–H groups in total. The first-order valence-corrected chi connectivity index (χ1v) is 14.5. The fourth-order valence-corrected chi connectivity index (χ4v) is 6.21. The lowest BCUT2D eigenvalue weighted by atomic mass is 9.88. The van der Waals surface area contributed by atoms with Crippen LogP contribution in [0.5, 0.6) is 0 Å². The summed E-state index contributed by atoms with van der Waals surface area (Å²) in [5.41, 5.74) is 2.39. The molecule has 2 atom stereocenters. The van der Waals surface area contributed by atoms with Gasteiger partial charge < -0.3 is 10.2 Å². The summed E-state index contributed by atoms with van der Waals surface area (Å²) in [6.07, 6.45) is 0.581. The van der Waals surface area contributed by atoms with Crippen LogP contribution in [0.25, 0.3) is 10.8 Å². The van der Waals surface area contributed by atoms with Gasteiger partial charge in [-0.3, -0.25) is 14.3 Å². The summed E-state index contributed by atoms with van der Waals surface area (Å²) in [7, 11) is 0. The highest BCUT2D eigenvalue weighted by Gasteiger charge is 2.52. The topological polar surface area (TPSA) is 87.5 Å². The van der Waals surface area contributed by atoms with Crippen LogP contribution in [0.4, 0.5) is 10.5 Å². The van der Waals surface area contributed by atoms with Gasteiger partial charge in [0.15, 0.2) is 0 Å². The van der Waals surface area contributed by atoms with Crippen molar-refractivity contribution in [3.05, 3.63) is 95.8 Å². The molecule has 2 saturated heterocycles. The summed E-state index contributed by atoms with van der Waals surface area (Å²) in [6.45, 7) is 11.3. The van der Waals surface area contributed by atoms with Gasteiger partial charge in [-0.25, -0.2) is 9.69 Å². The van der Waals surface area contributed by atoms with Gasteiger partial charge in [0.25, 0.3) is 11.8 Å². The first kappa shape index (κ1) is 27.7. The van der Waals surface area contributed by atoms with E-state index in [1.54, 1.807) is 15.6 Å². The van der Waals surface area contributed by atoms with E-state index in [-0.39, 0.29) is 22.6 Å². The molecular weight excluding hydrogens is 526 g/mol. The standard InChI is InChI=1S/C34H37N5O3/c1-33(2,3)28-18-26(38(36-28)20-22-12-7-6-8-13-22)30(40)37-21-34(4,5)19-27(37)29-31(41)39(32(42)35-29)25-17-11-15-23-14-9-10-16-24(23)25/h6-18,27,29H,19-21H2,1-5H3,(H,35,42)/t27?,29-/m0/s1. The number of carbonyl (C=O) groups excluding carboxylic acids is 3.